The SMILES string of the molecule is Cc1cccc(C(=O)Nc2ccccc2CN(C)C)c1[N+](=O)[O-]. The van der Waals surface area contributed by atoms with Crippen LogP contribution in [0.3, 0.4) is 0 Å². The van der Waals surface area contributed by atoms with Crippen molar-refractivity contribution in [1.29, 1.82) is 0 Å². The highest BCUT2D eigenvalue weighted by atomic mass is 16.6. The molecule has 2 aromatic carbocycles. The lowest BCUT2D eigenvalue weighted by molar-refractivity contribution is -0.385. The van der Waals surface area contributed by atoms with Gasteiger partial charge in [0.15, 0.2) is 0 Å². The van der Waals surface area contributed by atoms with Crippen LogP contribution in [-0.2, 0) is 6.54 Å². The van der Waals surface area contributed by atoms with E-state index in [1.165, 1.54) is 6.07 Å². The number of rotatable bonds is 5. The van der Waals surface area contributed by atoms with Gasteiger partial charge in [-0.05, 0) is 38.7 Å². The van der Waals surface area contributed by atoms with Crippen LogP contribution in [0.4, 0.5) is 11.4 Å². The molecule has 1 amide bonds. The van der Waals surface area contributed by atoms with E-state index < -0.39 is 10.8 Å². The molecule has 0 heterocycles. The minimum atomic E-state index is -0.518. The second-order valence-electron chi connectivity index (χ2n) is 5.58. The minimum Gasteiger partial charge on any atom is -0.321 e. The van der Waals surface area contributed by atoms with Crippen molar-refractivity contribution in [1.82, 2.24) is 4.90 Å². The fourth-order valence-corrected chi connectivity index (χ4v) is 2.39. The van der Waals surface area contributed by atoms with Crippen LogP contribution in [-0.4, -0.2) is 29.8 Å². The van der Waals surface area contributed by atoms with Crippen LogP contribution < -0.4 is 5.32 Å². The topological polar surface area (TPSA) is 75.5 Å². The summed E-state index contributed by atoms with van der Waals surface area (Å²) < 4.78 is 0. The van der Waals surface area contributed by atoms with Crippen LogP contribution >= 0.6 is 0 Å². The summed E-state index contributed by atoms with van der Waals surface area (Å²) in [4.78, 5) is 25.2. The number of carbonyl (C=O) groups excluding carboxylic acids is 1. The first-order valence-corrected chi connectivity index (χ1v) is 7.18. The molecule has 0 saturated carbocycles. The molecule has 0 spiro atoms. The Bertz CT molecular complexity index is 742. The standard InChI is InChI=1S/C17H19N3O3/c1-12-7-6-9-14(16(12)20(22)23)17(21)18-15-10-5-4-8-13(15)11-19(2)3/h4-10H,11H2,1-3H3,(H,18,21). The Morgan fingerprint density at radius 1 is 1.17 bits per heavy atom. The summed E-state index contributed by atoms with van der Waals surface area (Å²) in [6, 6.07) is 12.1. The van der Waals surface area contributed by atoms with E-state index in [1.807, 2.05) is 37.2 Å². The summed E-state index contributed by atoms with van der Waals surface area (Å²) in [6.07, 6.45) is 0. The number of carbonyl (C=O) groups is 1. The maximum Gasteiger partial charge on any atom is 0.285 e. The third-order valence-electron chi connectivity index (χ3n) is 3.42. The summed E-state index contributed by atoms with van der Waals surface area (Å²) in [5.74, 6) is -0.480. The summed E-state index contributed by atoms with van der Waals surface area (Å²) >= 11 is 0. The van der Waals surface area contributed by atoms with Crippen molar-refractivity contribution in [2.75, 3.05) is 19.4 Å². The van der Waals surface area contributed by atoms with Gasteiger partial charge in [0.05, 0.1) is 4.92 Å². The predicted octanol–water partition coefficient (Wildman–Crippen LogP) is 3.22. The molecular formula is C17H19N3O3. The number of nitro benzene ring substituents is 1. The number of nitrogens with one attached hydrogen (secondary N) is 1. The first-order chi connectivity index (χ1) is 10.9. The summed E-state index contributed by atoms with van der Waals surface area (Å²) in [6.45, 7) is 2.28. The average molecular weight is 313 g/mol. The number of nitro groups is 1. The summed E-state index contributed by atoms with van der Waals surface area (Å²) in [5, 5.41) is 14.0. The maximum absolute atomic E-state index is 12.5. The van der Waals surface area contributed by atoms with E-state index in [9.17, 15) is 14.9 Å². The lowest BCUT2D eigenvalue weighted by Crippen LogP contribution is -2.18. The highest BCUT2D eigenvalue weighted by Crippen LogP contribution is 2.25. The van der Waals surface area contributed by atoms with Gasteiger partial charge < -0.3 is 10.2 Å². The van der Waals surface area contributed by atoms with Crippen LogP contribution in [0.25, 0.3) is 0 Å². The van der Waals surface area contributed by atoms with Crippen molar-refractivity contribution in [2.45, 2.75) is 13.5 Å². The third kappa shape index (κ3) is 3.92. The van der Waals surface area contributed by atoms with Crippen molar-refractivity contribution in [2.24, 2.45) is 0 Å². The predicted molar refractivity (Wildman–Crippen MR) is 89.6 cm³/mol. The molecule has 0 radical (unpaired) electrons. The number of nitrogens with zero attached hydrogens (tertiary/aromatic N) is 2. The smallest absolute Gasteiger partial charge is 0.285 e. The van der Waals surface area contributed by atoms with Gasteiger partial charge in [0.25, 0.3) is 11.6 Å². The number of benzene rings is 2. The second kappa shape index (κ2) is 7.02. The summed E-state index contributed by atoms with van der Waals surface area (Å²) in [7, 11) is 3.87. The summed E-state index contributed by atoms with van der Waals surface area (Å²) in [5.41, 5.74) is 1.97. The number of aryl methyl sites for hydroxylation is 1. The molecule has 0 aliphatic carbocycles. The second-order valence-corrected chi connectivity index (χ2v) is 5.58. The van der Waals surface area contributed by atoms with E-state index in [-0.39, 0.29) is 11.3 Å². The van der Waals surface area contributed by atoms with Gasteiger partial charge in [0.1, 0.15) is 5.56 Å². The molecule has 0 atom stereocenters. The molecule has 0 aliphatic heterocycles. The Hall–Kier alpha value is -2.73. The Morgan fingerprint density at radius 3 is 2.52 bits per heavy atom. The van der Waals surface area contributed by atoms with E-state index in [0.717, 1.165) is 5.56 Å². The molecule has 6 heteroatoms. The van der Waals surface area contributed by atoms with Gasteiger partial charge in [-0.3, -0.25) is 14.9 Å². The van der Waals surface area contributed by atoms with E-state index in [2.05, 4.69) is 5.32 Å². The normalized spacial score (nSPS) is 10.6. The number of para-hydroxylation sites is 2. The van der Waals surface area contributed by atoms with E-state index in [4.69, 9.17) is 0 Å². The van der Waals surface area contributed by atoms with Crippen molar-refractivity contribution in [3.63, 3.8) is 0 Å². The van der Waals surface area contributed by atoms with Crippen LogP contribution in [0.1, 0.15) is 21.5 Å². The molecule has 0 fully saturated rings. The third-order valence-corrected chi connectivity index (χ3v) is 3.42. The zero-order chi connectivity index (χ0) is 17.0. The average Bonchev–Trinajstić information content (AvgIpc) is 2.48. The van der Waals surface area contributed by atoms with Gasteiger partial charge in [-0.1, -0.05) is 30.3 Å². The van der Waals surface area contributed by atoms with Gasteiger partial charge in [0.2, 0.25) is 0 Å². The van der Waals surface area contributed by atoms with Crippen molar-refractivity contribution in [3.05, 3.63) is 69.3 Å². The van der Waals surface area contributed by atoms with Crippen LogP contribution in [0.2, 0.25) is 0 Å². The maximum atomic E-state index is 12.5. The van der Waals surface area contributed by atoms with E-state index in [1.54, 1.807) is 25.1 Å². The highest BCUT2D eigenvalue weighted by molar-refractivity contribution is 6.07. The first kappa shape index (κ1) is 16.6. The molecular weight excluding hydrogens is 294 g/mol. The molecule has 0 unspecified atom stereocenters. The van der Waals surface area contributed by atoms with Gasteiger partial charge in [-0.2, -0.15) is 0 Å². The lowest BCUT2D eigenvalue weighted by Gasteiger charge is -2.15. The van der Waals surface area contributed by atoms with Crippen LogP contribution in [0.5, 0.6) is 0 Å². The zero-order valence-corrected chi connectivity index (χ0v) is 13.4. The van der Waals surface area contributed by atoms with Crippen LogP contribution in [0.15, 0.2) is 42.5 Å². The van der Waals surface area contributed by atoms with Gasteiger partial charge in [0, 0.05) is 17.8 Å². The monoisotopic (exact) mass is 313 g/mol. The molecule has 2 rings (SSSR count). The largest absolute Gasteiger partial charge is 0.321 e. The van der Waals surface area contributed by atoms with E-state index in [0.29, 0.717) is 17.8 Å². The Balaban J connectivity index is 2.34. The molecule has 6 nitrogen and oxygen atoms in total. The lowest BCUT2D eigenvalue weighted by atomic mass is 10.1. The van der Waals surface area contributed by atoms with Crippen molar-refractivity contribution < 1.29 is 9.72 Å². The zero-order valence-electron chi connectivity index (χ0n) is 13.4. The molecule has 23 heavy (non-hydrogen) atoms. The number of anilines is 1. The fraction of sp³-hybridized carbons (Fsp3) is 0.235. The highest BCUT2D eigenvalue weighted by Gasteiger charge is 2.22. The molecule has 1 N–H and O–H groups in total. The molecule has 120 valence electrons. The van der Waals surface area contributed by atoms with Gasteiger partial charge >= 0.3 is 0 Å². The Labute approximate surface area is 134 Å². The first-order valence-electron chi connectivity index (χ1n) is 7.18. The number of hydrogen-bond donors (Lipinski definition) is 1. The van der Waals surface area contributed by atoms with Crippen LogP contribution in [0, 0.1) is 17.0 Å². The molecule has 0 aliphatic rings. The molecule has 0 aromatic heterocycles. The molecule has 0 bridgehead atoms. The van der Waals surface area contributed by atoms with Crippen molar-refractivity contribution >= 4 is 17.3 Å². The van der Waals surface area contributed by atoms with Gasteiger partial charge in [-0.15, -0.1) is 0 Å². The molecule has 2 aromatic rings. The van der Waals surface area contributed by atoms with E-state index >= 15 is 0 Å². The number of amides is 1. The molecule has 0 saturated heterocycles. The van der Waals surface area contributed by atoms with Crippen molar-refractivity contribution in [3.8, 4) is 0 Å². The quantitative estimate of drug-likeness (QED) is 0.679. The number of hydrogen-bond acceptors (Lipinski definition) is 4. The van der Waals surface area contributed by atoms with Gasteiger partial charge in [-0.25, -0.2) is 0 Å². The Morgan fingerprint density at radius 2 is 1.87 bits per heavy atom. The fourth-order valence-electron chi connectivity index (χ4n) is 2.39. The minimum absolute atomic E-state index is 0.0645. The Kier molecular flexibility index (Phi) is 5.08.